The summed E-state index contributed by atoms with van der Waals surface area (Å²) in [6.45, 7) is 8.59. The van der Waals surface area contributed by atoms with Crippen molar-refractivity contribution in [2.45, 2.75) is 30.6 Å². The molecule has 0 saturated carbocycles. The molecule has 0 aromatic heterocycles. The van der Waals surface area contributed by atoms with Crippen LogP contribution in [0.25, 0.3) is 33.4 Å². The lowest BCUT2D eigenvalue weighted by molar-refractivity contribution is 0.545. The van der Waals surface area contributed by atoms with Crippen LogP contribution in [-0.4, -0.2) is 4.90 Å². The van der Waals surface area contributed by atoms with Gasteiger partial charge in [0.2, 0.25) is 0 Å². The number of hydrogen-bond acceptors (Lipinski definition) is 2. The molecule has 2 nitrogen and oxygen atoms in total. The van der Waals surface area contributed by atoms with Crippen molar-refractivity contribution in [2.75, 3.05) is 4.90 Å². The van der Waals surface area contributed by atoms with Crippen LogP contribution in [0.2, 0.25) is 0 Å². The Labute approximate surface area is 413 Å². The van der Waals surface area contributed by atoms with Crippen molar-refractivity contribution in [3.63, 3.8) is 0 Å². The van der Waals surface area contributed by atoms with Crippen LogP contribution in [0.3, 0.4) is 0 Å². The minimum absolute atomic E-state index is 0.237. The second kappa shape index (κ2) is 18.6. The van der Waals surface area contributed by atoms with E-state index >= 15 is 0 Å². The predicted molar refractivity (Wildman–Crippen MR) is 295 cm³/mol. The van der Waals surface area contributed by atoms with E-state index in [0.29, 0.717) is 11.8 Å². The number of para-hydroxylation sites is 1. The molecule has 0 heterocycles. The third-order valence-electron chi connectivity index (χ3n) is 14.8. The summed E-state index contributed by atoms with van der Waals surface area (Å²) in [6, 6.07) is 55.6. The topological polar surface area (TPSA) is 6.48 Å². The molecule has 0 aliphatic heterocycles. The molecule has 0 bridgehead atoms. The van der Waals surface area contributed by atoms with Gasteiger partial charge < -0.3 is 9.80 Å². The summed E-state index contributed by atoms with van der Waals surface area (Å²) in [4.78, 5) is 4.74. The fourth-order valence-corrected chi connectivity index (χ4v) is 11.6. The summed E-state index contributed by atoms with van der Waals surface area (Å²) in [5.74, 6) is 1.10. The smallest absolute Gasteiger partial charge is 0.0461 e. The molecule has 0 amide bonds. The molecule has 0 saturated heterocycles. The molecule has 6 aromatic carbocycles. The van der Waals surface area contributed by atoms with E-state index < -0.39 is 0 Å². The van der Waals surface area contributed by atoms with Gasteiger partial charge in [-0.25, -0.2) is 0 Å². The summed E-state index contributed by atoms with van der Waals surface area (Å²) in [7, 11) is 0. The summed E-state index contributed by atoms with van der Waals surface area (Å²) in [5.41, 5.74) is 22.2. The standard InChI is InChI=1S/C68H54N2/c1-3-4-19-47(2)69(55-26-18-35-65-61-31-10-8-27-57(61)59-29-12-14-33-63(59)67(65)45-55)53-25-17-20-48(36-39-53)50-21-16-22-51(44-50)49-37-40-54(41-38-49)70(52-23-6-5-7-24-52)56-42-43-66-62-32-11-9-28-58(62)60-30-13-15-34-64(60)68(66)46-56/h3-17,19-24,26-46,59,63,66,68H,1-2,18,25H2/b19-4-. The van der Waals surface area contributed by atoms with E-state index in [2.05, 4.69) is 266 Å². The number of allylic oxidation sites excluding steroid dienone is 20. The summed E-state index contributed by atoms with van der Waals surface area (Å²) < 4.78 is 0. The van der Waals surface area contributed by atoms with Crippen LogP contribution in [0.4, 0.5) is 11.4 Å². The molecule has 6 aliphatic rings. The van der Waals surface area contributed by atoms with E-state index in [9.17, 15) is 0 Å². The van der Waals surface area contributed by atoms with Gasteiger partial charge >= 0.3 is 0 Å². The first-order valence-corrected chi connectivity index (χ1v) is 24.7. The molecule has 0 radical (unpaired) electrons. The Morgan fingerprint density at radius 1 is 0.557 bits per heavy atom. The number of fused-ring (bicyclic) bond motifs is 12. The van der Waals surface area contributed by atoms with E-state index in [0.717, 1.165) is 41.3 Å². The number of rotatable bonds is 10. The highest BCUT2D eigenvalue weighted by Crippen LogP contribution is 2.52. The number of benzene rings is 6. The van der Waals surface area contributed by atoms with Crippen LogP contribution in [0.5, 0.6) is 0 Å². The zero-order valence-electron chi connectivity index (χ0n) is 39.3. The van der Waals surface area contributed by atoms with E-state index in [4.69, 9.17) is 0 Å². The number of nitrogens with zero attached hydrogens (tertiary/aromatic N) is 2. The minimum atomic E-state index is 0.237. The Kier molecular flexibility index (Phi) is 11.4. The molecule has 6 aromatic rings. The van der Waals surface area contributed by atoms with Gasteiger partial charge in [-0.15, -0.1) is 0 Å². The predicted octanol–water partition coefficient (Wildman–Crippen LogP) is 17.4. The zero-order chi connectivity index (χ0) is 47.0. The molecule has 70 heavy (non-hydrogen) atoms. The molecule has 0 spiro atoms. The molecule has 4 atom stereocenters. The third kappa shape index (κ3) is 7.82. The van der Waals surface area contributed by atoms with Crippen molar-refractivity contribution in [1.29, 1.82) is 0 Å². The van der Waals surface area contributed by atoms with Gasteiger partial charge in [0.1, 0.15) is 0 Å². The maximum absolute atomic E-state index is 4.62. The lowest BCUT2D eigenvalue weighted by Crippen LogP contribution is -2.23. The first kappa shape index (κ1) is 42.9. The molecule has 4 unspecified atom stereocenters. The Hall–Kier alpha value is -8.46. The maximum Gasteiger partial charge on any atom is 0.0461 e. The largest absolute Gasteiger partial charge is 0.315 e. The highest BCUT2D eigenvalue weighted by atomic mass is 15.2. The molecular weight excluding hydrogens is 845 g/mol. The van der Waals surface area contributed by atoms with Crippen LogP contribution in [0.1, 0.15) is 58.4 Å². The van der Waals surface area contributed by atoms with Gasteiger partial charge in [0.25, 0.3) is 0 Å². The Morgan fingerprint density at radius 2 is 1.21 bits per heavy atom. The molecular formula is C68H54N2. The highest BCUT2D eigenvalue weighted by Gasteiger charge is 2.36. The molecule has 2 heteroatoms. The fourth-order valence-electron chi connectivity index (χ4n) is 11.6. The molecule has 6 aliphatic carbocycles. The number of hydrogen-bond donors (Lipinski definition) is 0. The first-order valence-electron chi connectivity index (χ1n) is 24.7. The molecule has 0 N–H and O–H groups in total. The first-order chi connectivity index (χ1) is 34.6. The minimum Gasteiger partial charge on any atom is -0.315 e. The molecule has 12 rings (SSSR count). The third-order valence-corrected chi connectivity index (χ3v) is 14.8. The van der Waals surface area contributed by atoms with Crippen LogP contribution in [0, 0.1) is 5.92 Å². The van der Waals surface area contributed by atoms with Gasteiger partial charge in [0.15, 0.2) is 0 Å². The lowest BCUT2D eigenvalue weighted by Gasteiger charge is -2.37. The second-order valence-corrected chi connectivity index (χ2v) is 18.8. The molecule has 0 fully saturated rings. The van der Waals surface area contributed by atoms with Crippen molar-refractivity contribution in [3.05, 3.63) is 324 Å². The van der Waals surface area contributed by atoms with Crippen molar-refractivity contribution in [1.82, 2.24) is 4.90 Å². The zero-order valence-corrected chi connectivity index (χ0v) is 39.3. The Bertz CT molecular complexity index is 3420. The van der Waals surface area contributed by atoms with E-state index in [1.54, 1.807) is 0 Å². The Morgan fingerprint density at radius 3 is 1.99 bits per heavy atom. The lowest BCUT2D eigenvalue weighted by atomic mass is 9.68. The van der Waals surface area contributed by atoms with Crippen LogP contribution >= 0.6 is 0 Å². The average Bonchev–Trinajstić information content (AvgIpc) is 3.81. The summed E-state index contributed by atoms with van der Waals surface area (Å²) in [6.07, 6.45) is 40.1. The quantitative estimate of drug-likeness (QED) is 0.126. The van der Waals surface area contributed by atoms with E-state index in [1.165, 1.54) is 72.5 Å². The average molecular weight is 899 g/mol. The van der Waals surface area contributed by atoms with Gasteiger partial charge in [0, 0.05) is 64.3 Å². The highest BCUT2D eigenvalue weighted by molar-refractivity contribution is 5.87. The van der Waals surface area contributed by atoms with Gasteiger partial charge in [-0.05, 0) is 128 Å². The maximum atomic E-state index is 4.62. The van der Waals surface area contributed by atoms with Crippen molar-refractivity contribution < 1.29 is 0 Å². The summed E-state index contributed by atoms with van der Waals surface area (Å²) in [5, 5.41) is 0. The van der Waals surface area contributed by atoms with Gasteiger partial charge in [0.05, 0.1) is 0 Å². The fraction of sp³-hybridized carbons (Fsp3) is 0.0882. The van der Waals surface area contributed by atoms with E-state index in [-0.39, 0.29) is 11.8 Å². The van der Waals surface area contributed by atoms with Crippen molar-refractivity contribution >= 4 is 22.5 Å². The molecule has 336 valence electrons. The summed E-state index contributed by atoms with van der Waals surface area (Å²) >= 11 is 0. The monoisotopic (exact) mass is 898 g/mol. The van der Waals surface area contributed by atoms with Gasteiger partial charge in [-0.1, -0.05) is 213 Å². The normalized spacial score (nSPS) is 20.2. The van der Waals surface area contributed by atoms with Gasteiger partial charge in [-0.3, -0.25) is 0 Å². The van der Waals surface area contributed by atoms with Gasteiger partial charge in [-0.2, -0.15) is 0 Å². The van der Waals surface area contributed by atoms with Crippen molar-refractivity contribution in [2.24, 2.45) is 5.92 Å². The second-order valence-electron chi connectivity index (χ2n) is 18.8. The van der Waals surface area contributed by atoms with Crippen LogP contribution in [-0.2, 0) is 0 Å². The number of anilines is 2. The SMILES string of the molecule is C=C/C=C\C(=C)N(C1=CCC=C2C(=C1)C1C=CC=CC1c1ccccc12)C1=CC=C(c2cccc(-c3ccc(N(C4=CC5c6ccccc6-c6ccccc6C5C=C4)c4ccccc4)cc3)c2)C=CC1. The van der Waals surface area contributed by atoms with E-state index in [1.807, 2.05) is 12.2 Å². The van der Waals surface area contributed by atoms with Crippen LogP contribution in [0.15, 0.2) is 296 Å². The van der Waals surface area contributed by atoms with Crippen LogP contribution < -0.4 is 4.90 Å². The Balaban J connectivity index is 0.844. The van der Waals surface area contributed by atoms with Crippen molar-refractivity contribution in [3.8, 4) is 22.3 Å².